The van der Waals surface area contributed by atoms with Crippen LogP contribution < -0.4 is 0 Å². The topological polar surface area (TPSA) is 37.3 Å². The molecule has 0 amide bonds. The summed E-state index contributed by atoms with van der Waals surface area (Å²) >= 11 is 1.90. The molecule has 1 N–H and O–H groups in total. The third-order valence-corrected chi connectivity index (χ3v) is 4.97. The largest absolute Gasteiger partial charge is 0.481 e. The zero-order valence-corrected chi connectivity index (χ0v) is 8.99. The Labute approximate surface area is 83.1 Å². The van der Waals surface area contributed by atoms with Crippen molar-refractivity contribution in [2.75, 3.05) is 11.5 Å². The fraction of sp³-hybridized carbons (Fsp3) is 0.900. The van der Waals surface area contributed by atoms with E-state index in [1.165, 1.54) is 0 Å². The Morgan fingerprint density at radius 1 is 1.54 bits per heavy atom. The standard InChI is InChI=1S/C10H16O2S/c1-9(2)6-10(9,8(11)12)7-3-4-13-5-7/h7H,3-6H2,1-2H3,(H,11,12). The predicted molar refractivity (Wildman–Crippen MR) is 53.9 cm³/mol. The van der Waals surface area contributed by atoms with Gasteiger partial charge in [0.1, 0.15) is 0 Å². The van der Waals surface area contributed by atoms with Gasteiger partial charge in [-0.1, -0.05) is 13.8 Å². The molecule has 2 aliphatic rings. The number of carboxylic acid groups (broad SMARTS) is 1. The molecule has 1 saturated carbocycles. The first-order valence-electron chi connectivity index (χ1n) is 4.82. The minimum Gasteiger partial charge on any atom is -0.481 e. The van der Waals surface area contributed by atoms with Crippen LogP contribution >= 0.6 is 11.8 Å². The third-order valence-electron chi connectivity index (χ3n) is 3.81. The second kappa shape index (κ2) is 2.66. The Kier molecular flexibility index (Phi) is 1.92. The molecular formula is C10H16O2S. The van der Waals surface area contributed by atoms with E-state index >= 15 is 0 Å². The number of carboxylic acids is 1. The fourth-order valence-electron chi connectivity index (χ4n) is 2.81. The first kappa shape index (κ1) is 9.38. The van der Waals surface area contributed by atoms with E-state index in [1.54, 1.807) is 0 Å². The molecule has 2 nitrogen and oxygen atoms in total. The average molecular weight is 200 g/mol. The van der Waals surface area contributed by atoms with E-state index in [2.05, 4.69) is 13.8 Å². The Balaban J connectivity index is 2.21. The third kappa shape index (κ3) is 1.13. The summed E-state index contributed by atoms with van der Waals surface area (Å²) in [6.07, 6.45) is 1.97. The number of carbonyl (C=O) groups is 1. The van der Waals surface area contributed by atoms with Crippen LogP contribution in [0, 0.1) is 16.7 Å². The summed E-state index contributed by atoms with van der Waals surface area (Å²) in [5, 5.41) is 9.29. The molecule has 0 spiro atoms. The molecule has 2 fully saturated rings. The molecule has 0 radical (unpaired) electrons. The maximum absolute atomic E-state index is 11.3. The SMILES string of the molecule is CC1(C)CC1(C(=O)O)C1CCSC1. The minimum absolute atomic E-state index is 0.0361. The van der Waals surface area contributed by atoms with E-state index in [0.717, 1.165) is 24.3 Å². The van der Waals surface area contributed by atoms with Gasteiger partial charge in [-0.25, -0.2) is 0 Å². The highest BCUT2D eigenvalue weighted by molar-refractivity contribution is 7.99. The first-order chi connectivity index (χ1) is 6.01. The molecule has 3 heteroatoms. The summed E-state index contributed by atoms with van der Waals surface area (Å²) in [6.45, 7) is 4.17. The molecule has 2 unspecified atom stereocenters. The fourth-order valence-corrected chi connectivity index (χ4v) is 4.17. The van der Waals surface area contributed by atoms with Gasteiger partial charge in [-0.15, -0.1) is 0 Å². The lowest BCUT2D eigenvalue weighted by Gasteiger charge is -2.21. The number of aliphatic carboxylic acids is 1. The summed E-state index contributed by atoms with van der Waals surface area (Å²) in [7, 11) is 0. The smallest absolute Gasteiger partial charge is 0.310 e. The highest BCUT2D eigenvalue weighted by atomic mass is 32.2. The van der Waals surface area contributed by atoms with Crippen molar-refractivity contribution in [1.82, 2.24) is 0 Å². The van der Waals surface area contributed by atoms with Crippen LogP contribution in [0.25, 0.3) is 0 Å². The van der Waals surface area contributed by atoms with Gasteiger partial charge < -0.3 is 5.11 Å². The molecule has 1 aliphatic carbocycles. The van der Waals surface area contributed by atoms with Crippen molar-refractivity contribution in [3.63, 3.8) is 0 Å². The van der Waals surface area contributed by atoms with Gasteiger partial charge in [0.05, 0.1) is 5.41 Å². The van der Waals surface area contributed by atoms with Crippen molar-refractivity contribution in [2.45, 2.75) is 26.7 Å². The highest BCUT2D eigenvalue weighted by Gasteiger charge is 2.70. The number of thioether (sulfide) groups is 1. The zero-order valence-electron chi connectivity index (χ0n) is 8.17. The Bertz CT molecular complexity index is 243. The van der Waals surface area contributed by atoms with Crippen molar-refractivity contribution < 1.29 is 9.90 Å². The van der Waals surface area contributed by atoms with Gasteiger partial charge in [-0.05, 0) is 35.7 Å². The minimum atomic E-state index is -0.565. The van der Waals surface area contributed by atoms with Crippen LogP contribution in [0.15, 0.2) is 0 Å². The quantitative estimate of drug-likeness (QED) is 0.742. The average Bonchev–Trinajstić information content (AvgIpc) is 2.52. The van der Waals surface area contributed by atoms with Gasteiger partial charge in [0.25, 0.3) is 0 Å². The van der Waals surface area contributed by atoms with Gasteiger partial charge in [-0.2, -0.15) is 11.8 Å². The molecule has 0 aromatic heterocycles. The summed E-state index contributed by atoms with van der Waals surface area (Å²) in [5.74, 6) is 2.06. The molecule has 1 heterocycles. The van der Waals surface area contributed by atoms with Gasteiger partial charge in [0.2, 0.25) is 0 Å². The van der Waals surface area contributed by atoms with Gasteiger partial charge in [-0.3, -0.25) is 4.79 Å². The molecule has 74 valence electrons. The molecule has 13 heavy (non-hydrogen) atoms. The monoisotopic (exact) mass is 200 g/mol. The van der Waals surface area contributed by atoms with Crippen LogP contribution in [0.3, 0.4) is 0 Å². The van der Waals surface area contributed by atoms with Crippen molar-refractivity contribution in [2.24, 2.45) is 16.7 Å². The second-order valence-corrected chi connectivity index (χ2v) is 6.05. The van der Waals surface area contributed by atoms with Crippen molar-refractivity contribution in [3.05, 3.63) is 0 Å². The Morgan fingerprint density at radius 2 is 2.15 bits per heavy atom. The van der Waals surface area contributed by atoms with E-state index < -0.39 is 5.97 Å². The highest BCUT2D eigenvalue weighted by Crippen LogP contribution is 2.69. The van der Waals surface area contributed by atoms with Crippen LogP contribution in [-0.2, 0) is 4.79 Å². The van der Waals surface area contributed by atoms with Gasteiger partial charge in [0, 0.05) is 0 Å². The summed E-state index contributed by atoms with van der Waals surface area (Å²) in [4.78, 5) is 11.3. The molecular weight excluding hydrogens is 184 g/mol. The summed E-state index contributed by atoms with van der Waals surface area (Å²) < 4.78 is 0. The van der Waals surface area contributed by atoms with Crippen LogP contribution in [0.2, 0.25) is 0 Å². The second-order valence-electron chi connectivity index (χ2n) is 4.90. The maximum atomic E-state index is 11.3. The predicted octanol–water partition coefficient (Wildman–Crippen LogP) is 2.24. The molecule has 2 rings (SSSR count). The molecule has 0 aromatic carbocycles. The van der Waals surface area contributed by atoms with E-state index in [-0.39, 0.29) is 10.8 Å². The lowest BCUT2D eigenvalue weighted by molar-refractivity contribution is -0.147. The van der Waals surface area contributed by atoms with Crippen molar-refractivity contribution in [1.29, 1.82) is 0 Å². The maximum Gasteiger partial charge on any atom is 0.310 e. The van der Waals surface area contributed by atoms with Crippen LogP contribution in [0.4, 0.5) is 0 Å². The van der Waals surface area contributed by atoms with Crippen LogP contribution in [-0.4, -0.2) is 22.6 Å². The lowest BCUT2D eigenvalue weighted by Crippen LogP contribution is -2.29. The van der Waals surface area contributed by atoms with E-state index in [1.807, 2.05) is 11.8 Å². The Morgan fingerprint density at radius 3 is 2.46 bits per heavy atom. The van der Waals surface area contributed by atoms with Crippen molar-refractivity contribution >= 4 is 17.7 Å². The van der Waals surface area contributed by atoms with E-state index in [0.29, 0.717) is 5.92 Å². The van der Waals surface area contributed by atoms with Crippen LogP contribution in [0.5, 0.6) is 0 Å². The molecule has 0 bridgehead atoms. The first-order valence-corrected chi connectivity index (χ1v) is 5.97. The molecule has 0 aromatic rings. The van der Waals surface area contributed by atoms with Gasteiger partial charge in [0.15, 0.2) is 0 Å². The lowest BCUT2D eigenvalue weighted by atomic mass is 9.82. The van der Waals surface area contributed by atoms with E-state index in [9.17, 15) is 9.90 Å². The molecule has 2 atom stereocenters. The number of hydrogen-bond donors (Lipinski definition) is 1. The van der Waals surface area contributed by atoms with Crippen molar-refractivity contribution in [3.8, 4) is 0 Å². The zero-order chi connectivity index (χ0) is 9.69. The Hall–Kier alpha value is -0.180. The van der Waals surface area contributed by atoms with Crippen LogP contribution in [0.1, 0.15) is 26.7 Å². The molecule has 1 aliphatic heterocycles. The van der Waals surface area contributed by atoms with Gasteiger partial charge >= 0.3 is 5.97 Å². The van der Waals surface area contributed by atoms with E-state index in [4.69, 9.17) is 0 Å². The normalized spacial score (nSPS) is 41.8. The summed E-state index contributed by atoms with van der Waals surface area (Å²) in [6, 6.07) is 0. The summed E-state index contributed by atoms with van der Waals surface area (Å²) in [5.41, 5.74) is -0.342. The molecule has 1 saturated heterocycles. The number of rotatable bonds is 2. The number of hydrogen-bond acceptors (Lipinski definition) is 2.